The quantitative estimate of drug-likeness (QED) is 0.651. The van der Waals surface area contributed by atoms with E-state index in [1.807, 2.05) is 19.1 Å². The summed E-state index contributed by atoms with van der Waals surface area (Å²) in [5.41, 5.74) is 2.50. The molecule has 2 N–H and O–H groups in total. The molecular formula is C14H15N3O4. The van der Waals surface area contributed by atoms with E-state index < -0.39 is 4.92 Å². The van der Waals surface area contributed by atoms with Gasteiger partial charge in [0.05, 0.1) is 12.6 Å². The summed E-state index contributed by atoms with van der Waals surface area (Å²) in [4.78, 5) is 21.0. The molecule has 2 aromatic rings. The lowest BCUT2D eigenvalue weighted by Crippen LogP contribution is -2.07. The van der Waals surface area contributed by atoms with Crippen molar-refractivity contribution in [2.45, 2.75) is 20.4 Å². The van der Waals surface area contributed by atoms with E-state index in [0.29, 0.717) is 12.3 Å². The Morgan fingerprint density at radius 1 is 1.33 bits per heavy atom. The first kappa shape index (κ1) is 14.6. The van der Waals surface area contributed by atoms with Gasteiger partial charge in [-0.25, -0.2) is 0 Å². The first-order valence-corrected chi connectivity index (χ1v) is 6.31. The van der Waals surface area contributed by atoms with Crippen molar-refractivity contribution in [1.29, 1.82) is 0 Å². The van der Waals surface area contributed by atoms with Gasteiger partial charge in [0.15, 0.2) is 0 Å². The smallest absolute Gasteiger partial charge is 0.404 e. The number of carbonyl (C=O) groups is 1. The Kier molecular flexibility index (Phi) is 4.22. The van der Waals surface area contributed by atoms with Crippen LogP contribution < -0.4 is 10.6 Å². The number of carbonyl (C=O) groups excluding carboxylic acids is 1. The molecule has 0 aliphatic heterocycles. The Bertz CT molecular complexity index is 679. The first-order valence-electron chi connectivity index (χ1n) is 6.31. The standard InChI is InChI=1S/C14H15N3O4/c1-9-7-11(3-5-13(9)16-10(2)18)15-8-12-4-6-14(21-12)17(19)20/h3-7,15H,8H2,1-2H3,(H,16,18). The van der Waals surface area contributed by atoms with E-state index in [2.05, 4.69) is 10.6 Å². The fraction of sp³-hybridized carbons (Fsp3) is 0.214. The maximum Gasteiger partial charge on any atom is 0.433 e. The van der Waals surface area contributed by atoms with Crippen molar-refractivity contribution in [3.8, 4) is 0 Å². The van der Waals surface area contributed by atoms with Gasteiger partial charge in [-0.1, -0.05) is 0 Å². The number of nitrogens with one attached hydrogen (secondary N) is 2. The van der Waals surface area contributed by atoms with Crippen molar-refractivity contribution >= 4 is 23.2 Å². The molecule has 7 heteroatoms. The molecule has 21 heavy (non-hydrogen) atoms. The summed E-state index contributed by atoms with van der Waals surface area (Å²) in [6.45, 7) is 3.68. The summed E-state index contributed by atoms with van der Waals surface area (Å²) in [5.74, 6) is 0.0796. The van der Waals surface area contributed by atoms with Gasteiger partial charge in [-0.05, 0) is 36.8 Å². The van der Waals surface area contributed by atoms with Crippen molar-refractivity contribution < 1.29 is 14.1 Å². The molecule has 0 aliphatic carbocycles. The Hall–Kier alpha value is -2.83. The summed E-state index contributed by atoms with van der Waals surface area (Å²) in [5, 5.41) is 16.4. The predicted octanol–water partition coefficient (Wildman–Crippen LogP) is 3.07. The number of aryl methyl sites for hydroxylation is 1. The molecule has 110 valence electrons. The second-order valence-corrected chi connectivity index (χ2v) is 4.56. The van der Waals surface area contributed by atoms with Gasteiger partial charge in [0.2, 0.25) is 5.91 Å². The molecule has 0 unspecified atom stereocenters. The summed E-state index contributed by atoms with van der Waals surface area (Å²) in [7, 11) is 0. The molecule has 7 nitrogen and oxygen atoms in total. The third kappa shape index (κ3) is 3.82. The molecule has 0 bridgehead atoms. The van der Waals surface area contributed by atoms with Crippen LogP contribution in [0.3, 0.4) is 0 Å². The minimum Gasteiger partial charge on any atom is -0.404 e. The van der Waals surface area contributed by atoms with E-state index in [1.165, 1.54) is 13.0 Å². The number of hydrogen-bond donors (Lipinski definition) is 2. The molecule has 0 spiro atoms. The zero-order valence-electron chi connectivity index (χ0n) is 11.7. The van der Waals surface area contributed by atoms with Gasteiger partial charge in [-0.2, -0.15) is 0 Å². The SMILES string of the molecule is CC(=O)Nc1ccc(NCc2ccc([N+](=O)[O-])o2)cc1C. The van der Waals surface area contributed by atoms with Gasteiger partial charge < -0.3 is 15.1 Å². The van der Waals surface area contributed by atoms with Crippen molar-refractivity contribution in [2.75, 3.05) is 10.6 Å². The van der Waals surface area contributed by atoms with Crippen LogP contribution in [0.4, 0.5) is 17.3 Å². The maximum atomic E-state index is 11.0. The second kappa shape index (κ2) is 6.08. The van der Waals surface area contributed by atoms with E-state index in [9.17, 15) is 14.9 Å². The number of amides is 1. The summed E-state index contributed by atoms with van der Waals surface area (Å²) >= 11 is 0. The van der Waals surface area contributed by atoms with Crippen LogP contribution in [0.1, 0.15) is 18.2 Å². The van der Waals surface area contributed by atoms with Gasteiger partial charge in [-0.15, -0.1) is 0 Å². The van der Waals surface area contributed by atoms with E-state index in [4.69, 9.17) is 4.42 Å². The number of benzene rings is 1. The largest absolute Gasteiger partial charge is 0.433 e. The van der Waals surface area contributed by atoms with Crippen LogP contribution in [0.5, 0.6) is 0 Å². The zero-order chi connectivity index (χ0) is 15.4. The zero-order valence-corrected chi connectivity index (χ0v) is 11.7. The molecule has 0 fully saturated rings. The second-order valence-electron chi connectivity index (χ2n) is 4.56. The highest BCUT2D eigenvalue weighted by molar-refractivity contribution is 5.89. The van der Waals surface area contributed by atoms with Gasteiger partial charge in [0.25, 0.3) is 0 Å². The maximum absolute atomic E-state index is 11.0. The number of nitrogens with zero attached hydrogens (tertiary/aromatic N) is 1. The van der Waals surface area contributed by atoms with Gasteiger partial charge in [-0.3, -0.25) is 14.9 Å². The molecular weight excluding hydrogens is 274 g/mol. The topological polar surface area (TPSA) is 97.4 Å². The third-order valence-corrected chi connectivity index (χ3v) is 2.83. The van der Waals surface area contributed by atoms with Gasteiger partial charge in [0, 0.05) is 18.3 Å². The van der Waals surface area contributed by atoms with E-state index >= 15 is 0 Å². The molecule has 1 aromatic carbocycles. The third-order valence-electron chi connectivity index (χ3n) is 2.83. The van der Waals surface area contributed by atoms with E-state index in [0.717, 1.165) is 16.9 Å². The molecule has 0 atom stereocenters. The molecule has 0 saturated carbocycles. The Labute approximate surface area is 121 Å². The van der Waals surface area contributed by atoms with Crippen LogP contribution in [0.25, 0.3) is 0 Å². The average Bonchev–Trinajstić information content (AvgIpc) is 2.88. The van der Waals surface area contributed by atoms with Crippen LogP contribution in [0.15, 0.2) is 34.7 Å². The Morgan fingerprint density at radius 3 is 2.67 bits per heavy atom. The summed E-state index contributed by atoms with van der Waals surface area (Å²) < 4.78 is 5.05. The number of anilines is 2. The molecule has 2 rings (SSSR count). The molecule has 1 amide bonds. The van der Waals surface area contributed by atoms with E-state index in [-0.39, 0.29) is 11.8 Å². The van der Waals surface area contributed by atoms with Crippen LogP contribution in [-0.2, 0) is 11.3 Å². The van der Waals surface area contributed by atoms with Crippen LogP contribution in [0, 0.1) is 17.0 Å². The van der Waals surface area contributed by atoms with Crippen molar-refractivity contribution in [3.05, 3.63) is 51.8 Å². The van der Waals surface area contributed by atoms with Crippen LogP contribution in [0.2, 0.25) is 0 Å². The minimum absolute atomic E-state index is 0.123. The average molecular weight is 289 g/mol. The number of rotatable bonds is 5. The summed E-state index contributed by atoms with van der Waals surface area (Å²) in [6.07, 6.45) is 0. The fourth-order valence-corrected chi connectivity index (χ4v) is 1.85. The highest BCUT2D eigenvalue weighted by atomic mass is 16.6. The van der Waals surface area contributed by atoms with Crippen LogP contribution in [-0.4, -0.2) is 10.8 Å². The minimum atomic E-state index is -0.574. The number of nitro groups is 1. The van der Waals surface area contributed by atoms with E-state index in [1.54, 1.807) is 12.1 Å². The lowest BCUT2D eigenvalue weighted by atomic mass is 10.1. The fourth-order valence-electron chi connectivity index (χ4n) is 1.85. The highest BCUT2D eigenvalue weighted by Crippen LogP contribution is 2.21. The summed E-state index contributed by atoms with van der Waals surface area (Å²) in [6, 6.07) is 8.37. The molecule has 0 saturated heterocycles. The van der Waals surface area contributed by atoms with Gasteiger partial charge in [0.1, 0.15) is 10.7 Å². The molecule has 1 heterocycles. The van der Waals surface area contributed by atoms with Crippen molar-refractivity contribution in [2.24, 2.45) is 0 Å². The normalized spacial score (nSPS) is 10.2. The number of hydrogen-bond acceptors (Lipinski definition) is 5. The monoisotopic (exact) mass is 289 g/mol. The Morgan fingerprint density at radius 2 is 2.10 bits per heavy atom. The van der Waals surface area contributed by atoms with Gasteiger partial charge >= 0.3 is 5.88 Å². The first-order chi connectivity index (χ1) is 9.95. The van der Waals surface area contributed by atoms with Crippen molar-refractivity contribution in [1.82, 2.24) is 0 Å². The molecule has 0 aliphatic rings. The number of furan rings is 1. The predicted molar refractivity (Wildman–Crippen MR) is 78.2 cm³/mol. The lowest BCUT2D eigenvalue weighted by Gasteiger charge is -2.10. The highest BCUT2D eigenvalue weighted by Gasteiger charge is 2.11. The Balaban J connectivity index is 2.01. The van der Waals surface area contributed by atoms with Crippen LogP contribution >= 0.6 is 0 Å². The van der Waals surface area contributed by atoms with Crippen molar-refractivity contribution in [3.63, 3.8) is 0 Å². The molecule has 0 radical (unpaired) electrons. The molecule has 1 aromatic heterocycles. The lowest BCUT2D eigenvalue weighted by molar-refractivity contribution is -0.402.